The monoisotopic (exact) mass is 370 g/mol. The summed E-state index contributed by atoms with van der Waals surface area (Å²) < 4.78 is 0. The molecule has 0 aromatic heterocycles. The molecule has 0 bridgehead atoms. The van der Waals surface area contributed by atoms with Crippen molar-refractivity contribution in [3.8, 4) is 47.0 Å². The lowest BCUT2D eigenvalue weighted by atomic mass is 10.2. The number of aliphatic hydroxyl groups is 2. The van der Waals surface area contributed by atoms with Crippen LogP contribution in [0.25, 0.3) is 0 Å². The summed E-state index contributed by atoms with van der Waals surface area (Å²) in [6, 6.07) is 0. The fourth-order valence-corrected chi connectivity index (χ4v) is 8.52. The summed E-state index contributed by atoms with van der Waals surface area (Å²) in [6.07, 6.45) is 2.58. The van der Waals surface area contributed by atoms with Gasteiger partial charge in [0.15, 0.2) is 0 Å². The zero-order valence-electron chi connectivity index (χ0n) is 17.2. The Kier molecular flexibility index (Phi) is 12.7. The van der Waals surface area contributed by atoms with Crippen LogP contribution in [-0.4, -0.2) is 31.0 Å². The minimum atomic E-state index is -1.66. The zero-order valence-corrected chi connectivity index (χ0v) is 18.2. The summed E-state index contributed by atoms with van der Waals surface area (Å²) >= 11 is 0. The molecule has 0 aromatic rings. The number of aliphatic hydroxyl groups excluding tert-OH is 2. The van der Waals surface area contributed by atoms with E-state index < -0.39 is 14.2 Å². The van der Waals surface area contributed by atoms with Crippen molar-refractivity contribution >= 4 is 8.07 Å². The van der Waals surface area contributed by atoms with Gasteiger partial charge in [-0.2, -0.15) is 0 Å². The first-order valence-corrected chi connectivity index (χ1v) is 11.8. The van der Waals surface area contributed by atoms with Crippen molar-refractivity contribution in [3.63, 3.8) is 0 Å². The topological polar surface area (TPSA) is 40.5 Å². The van der Waals surface area contributed by atoms with Crippen LogP contribution < -0.4 is 0 Å². The van der Waals surface area contributed by atoms with E-state index >= 15 is 0 Å². The fraction of sp³-hybridized carbons (Fsp3) is 0.652. The SMILES string of the molecule is CC(C)[Si](C#CC#CCCCCC#CC#C[C@H](O)CO)(C(C)C)C(C)C. The van der Waals surface area contributed by atoms with Gasteiger partial charge in [0.05, 0.1) is 6.61 Å². The van der Waals surface area contributed by atoms with Gasteiger partial charge in [-0.1, -0.05) is 59.3 Å². The highest BCUT2D eigenvalue weighted by molar-refractivity contribution is 6.90. The van der Waals surface area contributed by atoms with E-state index in [-0.39, 0.29) is 6.61 Å². The third kappa shape index (κ3) is 8.65. The minimum absolute atomic E-state index is 0.356. The van der Waals surface area contributed by atoms with Crippen LogP contribution in [0.4, 0.5) is 0 Å². The molecular formula is C23H34O2Si. The van der Waals surface area contributed by atoms with Crippen molar-refractivity contribution in [1.82, 2.24) is 0 Å². The van der Waals surface area contributed by atoms with Gasteiger partial charge in [0.2, 0.25) is 0 Å². The standard InChI is InChI=1S/C23H34O2Si/c1-20(2)26(21(3)4,22(5)6)18-16-14-12-10-8-7-9-11-13-15-17-23(25)19-24/h20-25H,7-10,19H2,1-6H3/t23-/m0/s1. The average Bonchev–Trinajstić information content (AvgIpc) is 2.57. The van der Waals surface area contributed by atoms with E-state index in [2.05, 4.69) is 88.5 Å². The van der Waals surface area contributed by atoms with E-state index in [1.54, 1.807) is 0 Å². The van der Waals surface area contributed by atoms with Crippen LogP contribution in [-0.2, 0) is 0 Å². The first-order chi connectivity index (χ1) is 12.3. The van der Waals surface area contributed by atoms with Crippen LogP contribution in [0.3, 0.4) is 0 Å². The molecule has 0 aliphatic rings. The lowest BCUT2D eigenvalue weighted by Gasteiger charge is -2.37. The first kappa shape index (κ1) is 24.4. The zero-order chi connectivity index (χ0) is 20.0. The summed E-state index contributed by atoms with van der Waals surface area (Å²) in [5.74, 6) is 20.0. The molecule has 26 heavy (non-hydrogen) atoms. The van der Waals surface area contributed by atoms with Crippen molar-refractivity contribution in [2.24, 2.45) is 0 Å². The van der Waals surface area contributed by atoms with E-state index in [1.807, 2.05) is 0 Å². The quantitative estimate of drug-likeness (QED) is 0.402. The Bertz CT molecular complexity index is 623. The van der Waals surface area contributed by atoms with Crippen LogP contribution in [0, 0.1) is 47.0 Å². The number of hydrogen-bond acceptors (Lipinski definition) is 2. The molecule has 0 aromatic carbocycles. The van der Waals surface area contributed by atoms with E-state index in [0.29, 0.717) is 16.6 Å². The van der Waals surface area contributed by atoms with E-state index in [1.165, 1.54) is 0 Å². The van der Waals surface area contributed by atoms with Crippen LogP contribution in [0.5, 0.6) is 0 Å². The lowest BCUT2D eigenvalue weighted by Crippen LogP contribution is -2.43. The van der Waals surface area contributed by atoms with Gasteiger partial charge in [0.25, 0.3) is 0 Å². The molecule has 2 nitrogen and oxygen atoms in total. The second kappa shape index (κ2) is 13.6. The Morgan fingerprint density at radius 1 is 0.731 bits per heavy atom. The molecule has 142 valence electrons. The molecule has 0 amide bonds. The number of rotatable bonds is 7. The van der Waals surface area contributed by atoms with E-state index in [9.17, 15) is 0 Å². The highest BCUT2D eigenvalue weighted by Gasteiger charge is 2.41. The molecular weight excluding hydrogens is 336 g/mol. The number of hydrogen-bond donors (Lipinski definition) is 2. The molecule has 0 fully saturated rings. The Balaban J connectivity index is 4.42. The van der Waals surface area contributed by atoms with Crippen LogP contribution in [0.2, 0.25) is 16.6 Å². The molecule has 2 N–H and O–H groups in total. The van der Waals surface area contributed by atoms with Gasteiger partial charge in [-0.3, -0.25) is 0 Å². The van der Waals surface area contributed by atoms with Gasteiger partial charge < -0.3 is 10.2 Å². The number of unbranched alkanes of at least 4 members (excludes halogenated alkanes) is 3. The molecule has 0 heterocycles. The molecule has 0 radical (unpaired) electrons. The maximum absolute atomic E-state index is 9.03. The van der Waals surface area contributed by atoms with Crippen LogP contribution in [0.1, 0.15) is 67.2 Å². The van der Waals surface area contributed by atoms with Gasteiger partial charge in [0, 0.05) is 12.8 Å². The lowest BCUT2D eigenvalue weighted by molar-refractivity contribution is 0.138. The summed E-state index contributed by atoms with van der Waals surface area (Å²) in [6.45, 7) is 13.5. The molecule has 1 atom stereocenters. The smallest absolute Gasteiger partial charge is 0.147 e. The largest absolute Gasteiger partial charge is 0.393 e. The Hall–Kier alpha value is -1.62. The van der Waals surface area contributed by atoms with Gasteiger partial charge in [-0.25, -0.2) is 0 Å². The van der Waals surface area contributed by atoms with Crippen molar-refractivity contribution < 1.29 is 10.2 Å². The van der Waals surface area contributed by atoms with E-state index in [0.717, 1.165) is 25.7 Å². The van der Waals surface area contributed by atoms with Crippen molar-refractivity contribution in [2.45, 2.75) is 90.0 Å². The molecule has 0 unspecified atom stereocenters. The normalized spacial score (nSPS) is 11.5. The van der Waals surface area contributed by atoms with Crippen molar-refractivity contribution in [2.75, 3.05) is 6.61 Å². The Morgan fingerprint density at radius 3 is 1.62 bits per heavy atom. The summed E-state index contributed by atoms with van der Waals surface area (Å²) in [5, 5.41) is 17.6. The average molecular weight is 371 g/mol. The van der Waals surface area contributed by atoms with Gasteiger partial charge in [-0.15, -0.1) is 5.54 Å². The highest BCUT2D eigenvalue weighted by atomic mass is 28.3. The molecule has 0 aliphatic heterocycles. The van der Waals surface area contributed by atoms with Crippen molar-refractivity contribution in [3.05, 3.63) is 0 Å². The molecule has 0 aliphatic carbocycles. The van der Waals surface area contributed by atoms with E-state index in [4.69, 9.17) is 10.2 Å². The van der Waals surface area contributed by atoms with Crippen molar-refractivity contribution in [1.29, 1.82) is 0 Å². The predicted molar refractivity (Wildman–Crippen MR) is 114 cm³/mol. The van der Waals surface area contributed by atoms with Crippen LogP contribution in [0.15, 0.2) is 0 Å². The predicted octanol–water partition coefficient (Wildman–Crippen LogP) is 4.13. The summed E-state index contributed by atoms with van der Waals surface area (Å²) in [4.78, 5) is 0. The fourth-order valence-electron chi connectivity index (χ4n) is 3.38. The molecule has 0 saturated heterocycles. The maximum atomic E-state index is 9.03. The van der Waals surface area contributed by atoms with Gasteiger partial charge >= 0.3 is 0 Å². The molecule has 0 rings (SSSR count). The second-order valence-electron chi connectivity index (χ2n) is 7.43. The minimum Gasteiger partial charge on any atom is -0.393 e. The summed E-state index contributed by atoms with van der Waals surface area (Å²) in [5.41, 5.74) is 5.52. The van der Waals surface area contributed by atoms with Gasteiger partial charge in [0.1, 0.15) is 14.2 Å². The maximum Gasteiger partial charge on any atom is 0.147 e. The Labute approximate surface area is 162 Å². The third-order valence-corrected chi connectivity index (χ3v) is 11.0. The first-order valence-electron chi connectivity index (χ1n) is 9.56. The molecule has 0 saturated carbocycles. The Morgan fingerprint density at radius 2 is 1.19 bits per heavy atom. The highest BCUT2D eigenvalue weighted by Crippen LogP contribution is 2.40. The van der Waals surface area contributed by atoms with Crippen LogP contribution >= 0.6 is 0 Å². The summed E-state index contributed by atoms with van der Waals surface area (Å²) in [7, 11) is -1.66. The van der Waals surface area contributed by atoms with Gasteiger partial charge in [-0.05, 0) is 53.1 Å². The molecule has 0 spiro atoms. The second-order valence-corrected chi connectivity index (χ2v) is 13.0. The molecule has 3 heteroatoms. The third-order valence-electron chi connectivity index (χ3n) is 4.71.